The molecule has 2 aliphatic rings. The Hall–Kier alpha value is -1.50. The summed E-state index contributed by atoms with van der Waals surface area (Å²) in [5, 5.41) is 3.51. The first-order valence-electron chi connectivity index (χ1n) is 10.3. The van der Waals surface area contributed by atoms with Crippen molar-refractivity contribution in [2.75, 3.05) is 59.4 Å². The molecule has 1 amide bonds. The van der Waals surface area contributed by atoms with Gasteiger partial charge in [0.2, 0.25) is 0 Å². The number of amides is 1. The molecule has 0 aromatic rings. The first kappa shape index (κ1) is 21.8. The van der Waals surface area contributed by atoms with Crippen molar-refractivity contribution in [3.8, 4) is 0 Å². The fourth-order valence-electron chi connectivity index (χ4n) is 3.61. The minimum Gasteiger partial charge on any atom is -0.444 e. The van der Waals surface area contributed by atoms with E-state index in [1.807, 2.05) is 32.7 Å². The average Bonchev–Trinajstić information content (AvgIpc) is 2.93. The van der Waals surface area contributed by atoms with Gasteiger partial charge in [-0.1, -0.05) is 13.8 Å². The largest absolute Gasteiger partial charge is 0.444 e. The highest BCUT2D eigenvalue weighted by molar-refractivity contribution is 5.80. The Morgan fingerprint density at radius 3 is 2.30 bits per heavy atom. The maximum atomic E-state index is 12.1. The van der Waals surface area contributed by atoms with Crippen LogP contribution < -0.4 is 5.32 Å². The molecule has 0 saturated carbocycles. The Kier molecular flexibility index (Phi) is 7.37. The van der Waals surface area contributed by atoms with Gasteiger partial charge in [-0.2, -0.15) is 0 Å². The Morgan fingerprint density at radius 2 is 1.78 bits per heavy atom. The van der Waals surface area contributed by atoms with Crippen molar-refractivity contribution in [1.82, 2.24) is 20.0 Å². The van der Waals surface area contributed by atoms with Gasteiger partial charge in [-0.25, -0.2) is 4.79 Å². The van der Waals surface area contributed by atoms with Gasteiger partial charge in [0.25, 0.3) is 0 Å². The van der Waals surface area contributed by atoms with E-state index >= 15 is 0 Å². The molecule has 1 N–H and O–H groups in total. The number of nitrogens with one attached hydrogen (secondary N) is 1. The predicted molar refractivity (Wildman–Crippen MR) is 110 cm³/mol. The van der Waals surface area contributed by atoms with Gasteiger partial charge in [0.15, 0.2) is 5.96 Å². The molecule has 7 heteroatoms. The first-order valence-corrected chi connectivity index (χ1v) is 10.3. The molecule has 27 heavy (non-hydrogen) atoms. The summed E-state index contributed by atoms with van der Waals surface area (Å²) < 4.78 is 5.45. The lowest BCUT2D eigenvalue weighted by Gasteiger charge is -2.35. The molecule has 2 heterocycles. The van der Waals surface area contributed by atoms with Crippen LogP contribution in [0.2, 0.25) is 0 Å². The van der Waals surface area contributed by atoms with Gasteiger partial charge in [0.1, 0.15) is 5.60 Å². The first-order chi connectivity index (χ1) is 12.6. The molecular formula is C20H39N5O2. The van der Waals surface area contributed by atoms with Crippen LogP contribution in [0.3, 0.4) is 0 Å². The van der Waals surface area contributed by atoms with Gasteiger partial charge in [-0.05, 0) is 45.6 Å². The lowest BCUT2D eigenvalue weighted by atomic mass is 9.93. The van der Waals surface area contributed by atoms with Crippen LogP contribution in [-0.4, -0.2) is 91.8 Å². The summed E-state index contributed by atoms with van der Waals surface area (Å²) >= 11 is 0. The molecule has 0 aliphatic carbocycles. The van der Waals surface area contributed by atoms with Crippen molar-refractivity contribution in [1.29, 1.82) is 0 Å². The van der Waals surface area contributed by atoms with Crippen molar-refractivity contribution in [2.45, 2.75) is 53.1 Å². The van der Waals surface area contributed by atoms with Gasteiger partial charge in [0.05, 0.1) is 0 Å². The van der Waals surface area contributed by atoms with Crippen LogP contribution in [0.5, 0.6) is 0 Å². The van der Waals surface area contributed by atoms with E-state index in [9.17, 15) is 4.79 Å². The van der Waals surface area contributed by atoms with Gasteiger partial charge in [-0.3, -0.25) is 9.89 Å². The molecule has 2 rings (SSSR count). The molecule has 2 fully saturated rings. The number of carbonyl (C=O) groups excluding carboxylic acids is 1. The van der Waals surface area contributed by atoms with Crippen LogP contribution in [0.15, 0.2) is 4.99 Å². The fourth-order valence-corrected chi connectivity index (χ4v) is 3.61. The lowest BCUT2D eigenvalue weighted by molar-refractivity contribution is 0.0145. The zero-order chi connectivity index (χ0) is 20.1. The van der Waals surface area contributed by atoms with Crippen LogP contribution in [0, 0.1) is 5.41 Å². The molecule has 0 aromatic heterocycles. The summed E-state index contributed by atoms with van der Waals surface area (Å²) in [6.07, 6.45) is 2.10. The van der Waals surface area contributed by atoms with Gasteiger partial charge in [0, 0.05) is 52.9 Å². The van der Waals surface area contributed by atoms with E-state index in [1.54, 1.807) is 0 Å². The fraction of sp³-hybridized carbons (Fsp3) is 0.900. The van der Waals surface area contributed by atoms with Crippen LogP contribution in [0.4, 0.5) is 4.79 Å². The SMILES string of the molecule is CN=C(NCCCN1CCN(C(=O)OC(C)(C)C)CC1)N1CCC(C)(C)C1. The number of carbonyl (C=O) groups is 1. The van der Waals surface area contributed by atoms with E-state index in [1.165, 1.54) is 6.42 Å². The number of piperazine rings is 1. The Bertz CT molecular complexity index is 519. The monoisotopic (exact) mass is 381 g/mol. The second-order valence-electron chi connectivity index (χ2n) is 9.47. The topological polar surface area (TPSA) is 60.4 Å². The van der Waals surface area contributed by atoms with Gasteiger partial charge >= 0.3 is 6.09 Å². The zero-order valence-electron chi connectivity index (χ0n) is 18.2. The quantitative estimate of drug-likeness (QED) is 0.460. The van der Waals surface area contributed by atoms with Crippen LogP contribution >= 0.6 is 0 Å². The highest BCUT2D eigenvalue weighted by atomic mass is 16.6. The number of likely N-dealkylation sites (tertiary alicyclic amines) is 1. The molecule has 0 aromatic carbocycles. The summed E-state index contributed by atoms with van der Waals surface area (Å²) in [6.45, 7) is 17.8. The van der Waals surface area contributed by atoms with Crippen molar-refractivity contribution >= 4 is 12.1 Å². The Balaban J connectivity index is 1.62. The summed E-state index contributed by atoms with van der Waals surface area (Å²) in [7, 11) is 1.86. The number of nitrogens with zero attached hydrogens (tertiary/aromatic N) is 4. The minimum atomic E-state index is -0.428. The number of aliphatic imine (C=N–C) groups is 1. The third kappa shape index (κ3) is 7.20. The van der Waals surface area contributed by atoms with Gasteiger partial charge < -0.3 is 19.9 Å². The maximum Gasteiger partial charge on any atom is 0.410 e. The van der Waals surface area contributed by atoms with Gasteiger partial charge in [-0.15, -0.1) is 0 Å². The average molecular weight is 382 g/mol. The van der Waals surface area contributed by atoms with E-state index in [4.69, 9.17) is 4.74 Å². The smallest absolute Gasteiger partial charge is 0.410 e. The Labute approximate surface area is 165 Å². The second kappa shape index (κ2) is 9.13. The van der Waals surface area contributed by atoms with E-state index in [2.05, 4.69) is 34.0 Å². The molecule has 156 valence electrons. The molecule has 0 bridgehead atoms. The second-order valence-corrected chi connectivity index (χ2v) is 9.47. The molecule has 0 atom stereocenters. The molecule has 7 nitrogen and oxygen atoms in total. The van der Waals surface area contributed by atoms with Crippen molar-refractivity contribution in [3.05, 3.63) is 0 Å². The Morgan fingerprint density at radius 1 is 1.11 bits per heavy atom. The van der Waals surface area contributed by atoms with Crippen molar-refractivity contribution in [3.63, 3.8) is 0 Å². The normalized spacial score (nSPS) is 21.5. The zero-order valence-corrected chi connectivity index (χ0v) is 18.2. The third-order valence-electron chi connectivity index (χ3n) is 5.15. The number of guanidine groups is 1. The summed E-state index contributed by atoms with van der Waals surface area (Å²) in [5.74, 6) is 1.02. The molecule has 0 spiro atoms. The predicted octanol–water partition coefficient (Wildman–Crippen LogP) is 2.24. The highest BCUT2D eigenvalue weighted by Gasteiger charge is 2.31. The molecular weight excluding hydrogens is 342 g/mol. The lowest BCUT2D eigenvalue weighted by Crippen LogP contribution is -2.50. The van der Waals surface area contributed by atoms with E-state index < -0.39 is 5.60 Å². The summed E-state index contributed by atoms with van der Waals surface area (Å²) in [4.78, 5) is 23.2. The minimum absolute atomic E-state index is 0.193. The third-order valence-corrected chi connectivity index (χ3v) is 5.15. The van der Waals surface area contributed by atoms with Crippen LogP contribution in [0.1, 0.15) is 47.5 Å². The van der Waals surface area contributed by atoms with Crippen LogP contribution in [-0.2, 0) is 4.74 Å². The van der Waals surface area contributed by atoms with Crippen molar-refractivity contribution in [2.24, 2.45) is 10.4 Å². The van der Waals surface area contributed by atoms with Crippen LogP contribution in [0.25, 0.3) is 0 Å². The number of hydrogen-bond acceptors (Lipinski definition) is 4. The molecule has 2 aliphatic heterocycles. The van der Waals surface area contributed by atoms with E-state index in [0.29, 0.717) is 5.41 Å². The number of hydrogen-bond donors (Lipinski definition) is 1. The number of rotatable bonds is 4. The van der Waals surface area contributed by atoms with Crippen molar-refractivity contribution < 1.29 is 9.53 Å². The highest BCUT2D eigenvalue weighted by Crippen LogP contribution is 2.28. The summed E-state index contributed by atoms with van der Waals surface area (Å²) in [6, 6.07) is 0. The maximum absolute atomic E-state index is 12.1. The molecule has 2 saturated heterocycles. The standard InChI is InChI=1S/C20H39N5O2/c1-19(2,3)27-18(26)24-14-12-23(13-15-24)10-7-9-22-17(21-6)25-11-8-20(4,5)16-25/h7-16H2,1-6H3,(H,21,22). The van der Waals surface area contributed by atoms with E-state index in [0.717, 1.165) is 64.7 Å². The molecule has 0 unspecified atom stereocenters. The molecule has 0 radical (unpaired) electrons. The van der Waals surface area contributed by atoms with E-state index in [-0.39, 0.29) is 6.09 Å². The summed E-state index contributed by atoms with van der Waals surface area (Å²) in [5.41, 5.74) is -0.0472. The number of ether oxygens (including phenoxy) is 1.